The highest BCUT2D eigenvalue weighted by atomic mass is 17.0. The molecule has 0 aliphatic heterocycles. The molecule has 1 amide bonds. The van der Waals surface area contributed by atoms with Crippen molar-refractivity contribution in [1.82, 2.24) is 5.32 Å². The molecule has 0 unspecified atom stereocenters. The predicted molar refractivity (Wildman–Crippen MR) is 58.9 cm³/mol. The fraction of sp³-hybridized carbons (Fsp3) is 0.800. The summed E-state index contributed by atoms with van der Waals surface area (Å²) in [5, 5.41) is 12.1. The summed E-state index contributed by atoms with van der Waals surface area (Å²) in [6.45, 7) is 0.939. The summed E-state index contributed by atoms with van der Waals surface area (Å²) in [5.74, 6) is -0.864. The van der Waals surface area contributed by atoms with E-state index < -0.39 is 11.1 Å². The molecule has 1 aliphatic rings. The summed E-state index contributed by atoms with van der Waals surface area (Å²) in [7, 11) is 0. The standard InChI is InChI=1S/C10H16N2O6/c1-7(13)17-6-10(14)11-8-2-4-9(5-3-8)18-12(15)16/h8-9H,2-6H2,1H3,(H,11,14). The number of esters is 1. The second kappa shape index (κ2) is 6.77. The molecule has 0 saturated heterocycles. The Bertz CT molecular complexity index is 324. The van der Waals surface area contributed by atoms with Gasteiger partial charge < -0.3 is 14.9 Å². The van der Waals surface area contributed by atoms with E-state index in [1.165, 1.54) is 6.92 Å². The Hall–Kier alpha value is -1.86. The molecule has 1 aliphatic carbocycles. The van der Waals surface area contributed by atoms with Crippen molar-refractivity contribution in [2.24, 2.45) is 0 Å². The van der Waals surface area contributed by atoms with Gasteiger partial charge in [-0.3, -0.25) is 9.59 Å². The van der Waals surface area contributed by atoms with Crippen LogP contribution in [0, 0.1) is 10.1 Å². The number of carbonyl (C=O) groups is 2. The van der Waals surface area contributed by atoms with Crippen LogP contribution >= 0.6 is 0 Å². The minimum Gasteiger partial charge on any atom is -0.456 e. The molecule has 0 aromatic heterocycles. The largest absolute Gasteiger partial charge is 0.456 e. The van der Waals surface area contributed by atoms with Gasteiger partial charge in [0.15, 0.2) is 6.61 Å². The van der Waals surface area contributed by atoms with Crippen LogP contribution in [0.15, 0.2) is 0 Å². The minimum absolute atomic E-state index is 0.0420. The van der Waals surface area contributed by atoms with Gasteiger partial charge in [0.05, 0.1) is 0 Å². The van der Waals surface area contributed by atoms with Crippen molar-refractivity contribution in [2.45, 2.75) is 44.8 Å². The van der Waals surface area contributed by atoms with E-state index in [2.05, 4.69) is 14.9 Å². The van der Waals surface area contributed by atoms with Crippen LogP contribution in [0.2, 0.25) is 0 Å². The van der Waals surface area contributed by atoms with E-state index in [1.807, 2.05) is 0 Å². The molecule has 18 heavy (non-hydrogen) atoms. The zero-order chi connectivity index (χ0) is 13.5. The van der Waals surface area contributed by atoms with Gasteiger partial charge in [0, 0.05) is 13.0 Å². The highest BCUT2D eigenvalue weighted by Crippen LogP contribution is 2.21. The Kier molecular flexibility index (Phi) is 5.34. The van der Waals surface area contributed by atoms with E-state index >= 15 is 0 Å². The van der Waals surface area contributed by atoms with Crippen LogP contribution in [-0.2, 0) is 19.2 Å². The lowest BCUT2D eigenvalue weighted by molar-refractivity contribution is -0.769. The molecular weight excluding hydrogens is 244 g/mol. The molecule has 8 nitrogen and oxygen atoms in total. The number of hydrogen-bond acceptors (Lipinski definition) is 6. The number of rotatable bonds is 5. The lowest BCUT2D eigenvalue weighted by Crippen LogP contribution is -2.41. The summed E-state index contributed by atoms with van der Waals surface area (Å²) in [6, 6.07) is -0.0420. The van der Waals surface area contributed by atoms with Gasteiger partial charge >= 0.3 is 5.97 Å². The third-order valence-electron chi connectivity index (χ3n) is 2.68. The molecule has 0 radical (unpaired) electrons. The van der Waals surface area contributed by atoms with E-state index in [4.69, 9.17) is 0 Å². The van der Waals surface area contributed by atoms with E-state index in [-0.39, 0.29) is 24.7 Å². The van der Waals surface area contributed by atoms with Crippen LogP contribution in [0.3, 0.4) is 0 Å². The molecule has 0 heterocycles. The summed E-state index contributed by atoms with van der Waals surface area (Å²) in [4.78, 5) is 36.5. The lowest BCUT2D eigenvalue weighted by atomic mass is 9.93. The van der Waals surface area contributed by atoms with Crippen molar-refractivity contribution >= 4 is 11.9 Å². The van der Waals surface area contributed by atoms with Gasteiger partial charge in [-0.2, -0.15) is 0 Å². The van der Waals surface area contributed by atoms with Crippen molar-refractivity contribution in [1.29, 1.82) is 0 Å². The molecule has 1 rings (SSSR count). The third kappa shape index (κ3) is 5.46. The zero-order valence-corrected chi connectivity index (χ0v) is 10.1. The molecule has 0 atom stereocenters. The van der Waals surface area contributed by atoms with E-state index in [0.29, 0.717) is 25.7 Å². The van der Waals surface area contributed by atoms with Gasteiger partial charge in [-0.15, -0.1) is 10.1 Å². The van der Waals surface area contributed by atoms with Gasteiger partial charge in [0.25, 0.3) is 11.0 Å². The van der Waals surface area contributed by atoms with Crippen molar-refractivity contribution in [2.75, 3.05) is 6.61 Å². The van der Waals surface area contributed by atoms with Crippen LogP contribution in [0.4, 0.5) is 0 Å². The molecule has 102 valence electrons. The number of nitrogens with one attached hydrogen (secondary N) is 1. The maximum Gasteiger partial charge on any atom is 0.303 e. The summed E-state index contributed by atoms with van der Waals surface area (Å²) in [6.07, 6.45) is 1.90. The van der Waals surface area contributed by atoms with Gasteiger partial charge in [0.1, 0.15) is 6.10 Å². The molecule has 0 aromatic rings. The number of carbonyl (C=O) groups excluding carboxylic acids is 2. The smallest absolute Gasteiger partial charge is 0.303 e. The minimum atomic E-state index is -0.787. The Morgan fingerprint density at radius 3 is 2.44 bits per heavy atom. The second-order valence-electron chi connectivity index (χ2n) is 4.15. The molecule has 0 aromatic carbocycles. The Balaban J connectivity index is 2.20. The highest BCUT2D eigenvalue weighted by Gasteiger charge is 2.24. The lowest BCUT2D eigenvalue weighted by Gasteiger charge is -2.27. The monoisotopic (exact) mass is 260 g/mol. The maximum absolute atomic E-state index is 11.3. The van der Waals surface area contributed by atoms with Crippen molar-refractivity contribution in [3.05, 3.63) is 10.1 Å². The van der Waals surface area contributed by atoms with E-state index in [9.17, 15) is 19.7 Å². The van der Waals surface area contributed by atoms with Crippen LogP contribution in [-0.4, -0.2) is 35.7 Å². The van der Waals surface area contributed by atoms with Crippen molar-refractivity contribution in [3.8, 4) is 0 Å². The first-order chi connectivity index (χ1) is 8.47. The summed E-state index contributed by atoms with van der Waals surface area (Å²) in [5.41, 5.74) is 0. The molecule has 0 spiro atoms. The Morgan fingerprint density at radius 1 is 1.33 bits per heavy atom. The van der Waals surface area contributed by atoms with Gasteiger partial charge in [-0.1, -0.05) is 0 Å². The quantitative estimate of drug-likeness (QED) is 0.429. The van der Waals surface area contributed by atoms with Crippen LogP contribution in [0.25, 0.3) is 0 Å². The maximum atomic E-state index is 11.3. The van der Waals surface area contributed by atoms with Gasteiger partial charge in [-0.25, -0.2) is 0 Å². The fourth-order valence-electron chi connectivity index (χ4n) is 1.87. The summed E-state index contributed by atoms with van der Waals surface area (Å²) < 4.78 is 4.55. The molecule has 1 saturated carbocycles. The molecule has 1 fully saturated rings. The SMILES string of the molecule is CC(=O)OCC(=O)NC1CCC(O[N+](=O)[O-])CC1. The van der Waals surface area contributed by atoms with Gasteiger partial charge in [0.2, 0.25) is 0 Å². The average Bonchev–Trinajstić information content (AvgIpc) is 2.28. The normalized spacial score (nSPS) is 22.9. The van der Waals surface area contributed by atoms with Crippen LogP contribution in [0.5, 0.6) is 0 Å². The number of nitrogens with zero attached hydrogens (tertiary/aromatic N) is 1. The first-order valence-corrected chi connectivity index (χ1v) is 5.71. The average molecular weight is 260 g/mol. The van der Waals surface area contributed by atoms with Crippen LogP contribution in [0.1, 0.15) is 32.6 Å². The van der Waals surface area contributed by atoms with E-state index in [0.717, 1.165) is 0 Å². The van der Waals surface area contributed by atoms with Crippen molar-refractivity contribution < 1.29 is 24.3 Å². The molecule has 0 bridgehead atoms. The fourth-order valence-corrected chi connectivity index (χ4v) is 1.87. The highest BCUT2D eigenvalue weighted by molar-refractivity contribution is 5.80. The Morgan fingerprint density at radius 2 is 1.94 bits per heavy atom. The second-order valence-corrected chi connectivity index (χ2v) is 4.15. The number of hydrogen-bond donors (Lipinski definition) is 1. The molecular formula is C10H16N2O6. The first-order valence-electron chi connectivity index (χ1n) is 5.71. The predicted octanol–water partition coefficient (Wildman–Crippen LogP) is 0.185. The topological polar surface area (TPSA) is 108 Å². The Labute approximate surface area is 104 Å². The molecule has 1 N–H and O–H groups in total. The summed E-state index contributed by atoms with van der Waals surface area (Å²) >= 11 is 0. The number of amides is 1. The third-order valence-corrected chi connectivity index (χ3v) is 2.68. The van der Waals surface area contributed by atoms with Crippen LogP contribution < -0.4 is 5.32 Å². The van der Waals surface area contributed by atoms with Crippen molar-refractivity contribution in [3.63, 3.8) is 0 Å². The zero-order valence-electron chi connectivity index (χ0n) is 10.1. The van der Waals surface area contributed by atoms with Gasteiger partial charge in [-0.05, 0) is 25.7 Å². The molecule has 8 heteroatoms. The number of ether oxygens (including phenoxy) is 1. The first kappa shape index (κ1) is 14.2. The van der Waals surface area contributed by atoms with E-state index in [1.54, 1.807) is 0 Å².